The van der Waals surface area contributed by atoms with Gasteiger partial charge in [-0.15, -0.1) is 0 Å². The highest BCUT2D eigenvalue weighted by molar-refractivity contribution is 5.33. The molecule has 0 fully saturated rings. The highest BCUT2D eigenvalue weighted by Crippen LogP contribution is 2.21. The molecule has 18 heavy (non-hydrogen) atoms. The van der Waals surface area contributed by atoms with Gasteiger partial charge in [0, 0.05) is 0 Å². The summed E-state index contributed by atoms with van der Waals surface area (Å²) < 4.78 is 0. The van der Waals surface area contributed by atoms with Gasteiger partial charge in [-0.1, -0.05) is 46.0 Å². The second kappa shape index (κ2) is 12.2. The third kappa shape index (κ3) is 7.94. The monoisotopic (exact) mass is 252 g/mol. The molecule has 0 aliphatic heterocycles. The van der Waals surface area contributed by atoms with E-state index in [0.29, 0.717) is 12.5 Å². The summed E-state index contributed by atoms with van der Waals surface area (Å²) in [6.07, 6.45) is 10.5. The van der Waals surface area contributed by atoms with Crippen molar-refractivity contribution in [2.45, 2.75) is 64.8 Å². The lowest BCUT2D eigenvalue weighted by Gasteiger charge is -2.19. The number of hydrogen-bond donors (Lipinski definition) is 0. The molecule has 0 aromatic heterocycles. The third-order valence-electron chi connectivity index (χ3n) is 3.40. The SMILES string of the molecule is CCC(CC)C(CCCCCCN=C=O)N=C=O. The van der Waals surface area contributed by atoms with Crippen LogP contribution in [0.4, 0.5) is 0 Å². The Morgan fingerprint density at radius 3 is 2.17 bits per heavy atom. The van der Waals surface area contributed by atoms with Crippen LogP contribution < -0.4 is 0 Å². The van der Waals surface area contributed by atoms with Gasteiger partial charge in [0.1, 0.15) is 0 Å². The van der Waals surface area contributed by atoms with Crippen LogP contribution in [0.3, 0.4) is 0 Å². The molecule has 1 unspecified atom stereocenters. The molecular formula is C14H24N2O2. The highest BCUT2D eigenvalue weighted by atomic mass is 16.1. The smallest absolute Gasteiger partial charge is 0.211 e. The van der Waals surface area contributed by atoms with Gasteiger partial charge in [-0.3, -0.25) is 0 Å². The maximum Gasteiger partial charge on any atom is 0.235 e. The largest absolute Gasteiger partial charge is 0.235 e. The first-order valence-electron chi connectivity index (χ1n) is 6.90. The minimum Gasteiger partial charge on any atom is -0.211 e. The molecule has 0 saturated heterocycles. The summed E-state index contributed by atoms with van der Waals surface area (Å²) in [7, 11) is 0. The average Bonchev–Trinajstić information content (AvgIpc) is 2.39. The van der Waals surface area contributed by atoms with Crippen LogP contribution in [0.2, 0.25) is 0 Å². The average molecular weight is 252 g/mol. The summed E-state index contributed by atoms with van der Waals surface area (Å²) in [5.41, 5.74) is 0. The predicted molar refractivity (Wildman–Crippen MR) is 72.1 cm³/mol. The lowest BCUT2D eigenvalue weighted by Crippen LogP contribution is -2.17. The normalized spacial score (nSPS) is 11.7. The fourth-order valence-electron chi connectivity index (χ4n) is 2.25. The molecule has 0 saturated carbocycles. The van der Waals surface area contributed by atoms with E-state index in [9.17, 15) is 9.59 Å². The van der Waals surface area contributed by atoms with Gasteiger partial charge in [0.2, 0.25) is 12.2 Å². The standard InChI is InChI=1S/C14H24N2O2/c1-3-13(4-2)14(16-12-18)9-7-5-6-8-10-15-11-17/h13-14H,3-10H2,1-2H3. The minimum atomic E-state index is 0.130. The molecule has 0 rings (SSSR count). The summed E-state index contributed by atoms with van der Waals surface area (Å²) in [5.74, 6) is 0.492. The molecule has 0 spiro atoms. The summed E-state index contributed by atoms with van der Waals surface area (Å²) in [4.78, 5) is 27.7. The van der Waals surface area contributed by atoms with Crippen molar-refractivity contribution in [2.75, 3.05) is 6.54 Å². The Bertz CT molecular complexity index is 288. The maximum atomic E-state index is 10.4. The molecule has 0 heterocycles. The van der Waals surface area contributed by atoms with E-state index in [1.54, 1.807) is 12.2 Å². The topological polar surface area (TPSA) is 58.9 Å². The van der Waals surface area contributed by atoms with Gasteiger partial charge in [0.25, 0.3) is 0 Å². The molecule has 1 atom stereocenters. The fourth-order valence-corrected chi connectivity index (χ4v) is 2.25. The number of isocyanates is 2. The molecule has 0 aromatic rings. The second-order valence-electron chi connectivity index (χ2n) is 4.54. The number of aliphatic imine (C=N–C) groups is 2. The molecule has 0 aromatic carbocycles. The molecule has 0 amide bonds. The summed E-state index contributed by atoms with van der Waals surface area (Å²) in [6.45, 7) is 4.85. The molecular weight excluding hydrogens is 228 g/mol. The zero-order valence-corrected chi connectivity index (χ0v) is 11.5. The Hall–Kier alpha value is -1.24. The molecule has 0 aliphatic carbocycles. The van der Waals surface area contributed by atoms with Crippen LogP contribution in [0.1, 0.15) is 58.8 Å². The first-order chi connectivity index (χ1) is 8.79. The molecule has 102 valence electrons. The number of rotatable bonds is 11. The van der Waals surface area contributed by atoms with E-state index in [2.05, 4.69) is 23.8 Å². The Balaban J connectivity index is 3.83. The number of carbonyl (C=O) groups excluding carboxylic acids is 2. The van der Waals surface area contributed by atoms with Crippen molar-refractivity contribution >= 4 is 12.2 Å². The van der Waals surface area contributed by atoms with Crippen LogP contribution in [0.5, 0.6) is 0 Å². The number of hydrogen-bond acceptors (Lipinski definition) is 4. The van der Waals surface area contributed by atoms with E-state index in [0.717, 1.165) is 44.9 Å². The predicted octanol–water partition coefficient (Wildman–Crippen LogP) is 3.41. The minimum absolute atomic E-state index is 0.130. The van der Waals surface area contributed by atoms with Crippen LogP contribution in [-0.4, -0.2) is 24.7 Å². The van der Waals surface area contributed by atoms with E-state index >= 15 is 0 Å². The third-order valence-corrected chi connectivity index (χ3v) is 3.40. The van der Waals surface area contributed by atoms with Crippen molar-refractivity contribution in [2.24, 2.45) is 15.9 Å². The molecule has 0 aliphatic rings. The molecule has 0 radical (unpaired) electrons. The number of unbranched alkanes of at least 4 members (excludes halogenated alkanes) is 3. The summed E-state index contributed by atoms with van der Waals surface area (Å²) in [6, 6.07) is 0.130. The van der Waals surface area contributed by atoms with Crippen LogP contribution in [-0.2, 0) is 9.59 Å². The van der Waals surface area contributed by atoms with Gasteiger partial charge >= 0.3 is 0 Å². The first-order valence-corrected chi connectivity index (χ1v) is 6.90. The van der Waals surface area contributed by atoms with Gasteiger partial charge < -0.3 is 0 Å². The van der Waals surface area contributed by atoms with Crippen molar-refractivity contribution in [3.63, 3.8) is 0 Å². The van der Waals surface area contributed by atoms with Gasteiger partial charge in [-0.2, -0.15) is 0 Å². The highest BCUT2D eigenvalue weighted by Gasteiger charge is 2.16. The van der Waals surface area contributed by atoms with Crippen molar-refractivity contribution < 1.29 is 9.59 Å². The Labute approximate surface area is 110 Å². The lowest BCUT2D eigenvalue weighted by atomic mass is 9.90. The van der Waals surface area contributed by atoms with Gasteiger partial charge in [-0.05, 0) is 18.8 Å². The Morgan fingerprint density at radius 2 is 1.61 bits per heavy atom. The summed E-state index contributed by atoms with van der Waals surface area (Å²) in [5, 5.41) is 0. The van der Waals surface area contributed by atoms with Crippen LogP contribution in [0.15, 0.2) is 9.98 Å². The molecule has 0 bridgehead atoms. The van der Waals surface area contributed by atoms with Crippen molar-refractivity contribution in [1.82, 2.24) is 0 Å². The van der Waals surface area contributed by atoms with E-state index in [-0.39, 0.29) is 6.04 Å². The van der Waals surface area contributed by atoms with Crippen LogP contribution in [0.25, 0.3) is 0 Å². The fraction of sp³-hybridized carbons (Fsp3) is 0.857. The Morgan fingerprint density at radius 1 is 0.944 bits per heavy atom. The van der Waals surface area contributed by atoms with Crippen LogP contribution >= 0.6 is 0 Å². The van der Waals surface area contributed by atoms with Gasteiger partial charge in [0.05, 0.1) is 12.6 Å². The zero-order valence-electron chi connectivity index (χ0n) is 11.5. The molecule has 0 N–H and O–H groups in total. The maximum absolute atomic E-state index is 10.4. The van der Waals surface area contributed by atoms with Gasteiger partial charge in [0.15, 0.2) is 0 Å². The van der Waals surface area contributed by atoms with Crippen molar-refractivity contribution in [1.29, 1.82) is 0 Å². The first kappa shape index (κ1) is 16.8. The quantitative estimate of drug-likeness (QED) is 0.321. The summed E-state index contributed by atoms with van der Waals surface area (Å²) >= 11 is 0. The number of nitrogens with zero attached hydrogens (tertiary/aromatic N) is 2. The van der Waals surface area contributed by atoms with E-state index in [1.807, 2.05) is 0 Å². The molecule has 4 nitrogen and oxygen atoms in total. The van der Waals surface area contributed by atoms with E-state index in [1.165, 1.54) is 0 Å². The molecule has 4 heteroatoms. The van der Waals surface area contributed by atoms with E-state index in [4.69, 9.17) is 0 Å². The van der Waals surface area contributed by atoms with Gasteiger partial charge in [-0.25, -0.2) is 19.6 Å². The second-order valence-corrected chi connectivity index (χ2v) is 4.54. The van der Waals surface area contributed by atoms with Crippen LogP contribution in [0, 0.1) is 5.92 Å². The lowest BCUT2D eigenvalue weighted by molar-refractivity contribution is 0.367. The zero-order chi connectivity index (χ0) is 13.6. The van der Waals surface area contributed by atoms with E-state index < -0.39 is 0 Å². The van der Waals surface area contributed by atoms with Crippen molar-refractivity contribution in [3.05, 3.63) is 0 Å². The van der Waals surface area contributed by atoms with Crippen molar-refractivity contribution in [3.8, 4) is 0 Å². The Kier molecular flexibility index (Phi) is 11.4.